The van der Waals surface area contributed by atoms with Crippen LogP contribution in [0.5, 0.6) is 5.75 Å². The molecule has 1 heterocycles. The van der Waals surface area contributed by atoms with E-state index >= 15 is 0 Å². The lowest BCUT2D eigenvalue weighted by molar-refractivity contribution is -0.385. The minimum Gasteiger partial charge on any atom is -0.484 e. The zero-order valence-electron chi connectivity index (χ0n) is 11.0. The van der Waals surface area contributed by atoms with Gasteiger partial charge in [-0.1, -0.05) is 13.8 Å². The maximum Gasteiger partial charge on any atom is 0.270 e. The third-order valence-electron chi connectivity index (χ3n) is 3.95. The number of aliphatic hydroxyl groups is 1. The van der Waals surface area contributed by atoms with E-state index in [9.17, 15) is 15.2 Å². The molecule has 1 aromatic rings. The molecule has 0 aromatic heterocycles. The number of non-ortho nitro benzene ring substituents is 1. The van der Waals surface area contributed by atoms with Crippen LogP contribution < -0.4 is 10.5 Å². The summed E-state index contributed by atoms with van der Waals surface area (Å²) in [4.78, 5) is 10.3. The Morgan fingerprint density at radius 1 is 1.47 bits per heavy atom. The maximum absolute atomic E-state index is 10.8. The molecule has 6 nitrogen and oxygen atoms in total. The number of nitro groups is 1. The van der Waals surface area contributed by atoms with Crippen LogP contribution in [0.3, 0.4) is 0 Å². The molecule has 104 valence electrons. The molecule has 0 aliphatic carbocycles. The number of nitro benzene ring substituents is 1. The van der Waals surface area contributed by atoms with Crippen LogP contribution in [0.2, 0.25) is 0 Å². The molecular weight excluding hydrogens is 248 g/mol. The largest absolute Gasteiger partial charge is 0.484 e. The van der Waals surface area contributed by atoms with Gasteiger partial charge in [0, 0.05) is 17.7 Å². The third-order valence-corrected chi connectivity index (χ3v) is 3.95. The van der Waals surface area contributed by atoms with Crippen LogP contribution in [0, 0.1) is 10.1 Å². The lowest BCUT2D eigenvalue weighted by atomic mass is 9.81. The number of aliphatic hydroxyl groups excluding tert-OH is 1. The van der Waals surface area contributed by atoms with Crippen LogP contribution in [0.25, 0.3) is 0 Å². The topological polar surface area (TPSA) is 98.6 Å². The summed E-state index contributed by atoms with van der Waals surface area (Å²) in [5.74, 6) is 0.520. The van der Waals surface area contributed by atoms with Crippen molar-refractivity contribution in [3.63, 3.8) is 0 Å². The normalized spacial score (nSPS) is 24.4. The molecule has 2 rings (SSSR count). The van der Waals surface area contributed by atoms with Crippen LogP contribution in [0.1, 0.15) is 38.3 Å². The van der Waals surface area contributed by atoms with Crippen molar-refractivity contribution >= 4 is 5.69 Å². The van der Waals surface area contributed by atoms with Crippen molar-refractivity contribution in [3.05, 3.63) is 33.9 Å². The average Bonchev–Trinajstić information content (AvgIpc) is 2.42. The van der Waals surface area contributed by atoms with Crippen molar-refractivity contribution < 1.29 is 14.8 Å². The summed E-state index contributed by atoms with van der Waals surface area (Å²) in [5.41, 5.74) is 5.75. The molecule has 0 amide bonds. The number of fused-ring (bicyclic) bond motifs is 1. The highest BCUT2D eigenvalue weighted by Crippen LogP contribution is 2.43. The van der Waals surface area contributed by atoms with Crippen LogP contribution >= 0.6 is 0 Å². The molecule has 0 radical (unpaired) electrons. The molecule has 0 saturated carbocycles. The van der Waals surface area contributed by atoms with Crippen LogP contribution in [0.15, 0.2) is 18.2 Å². The van der Waals surface area contributed by atoms with Crippen molar-refractivity contribution in [2.45, 2.75) is 44.4 Å². The molecule has 0 bridgehead atoms. The Hall–Kier alpha value is -1.66. The van der Waals surface area contributed by atoms with Gasteiger partial charge in [-0.2, -0.15) is 0 Å². The summed E-state index contributed by atoms with van der Waals surface area (Å²) in [6.45, 7) is 3.85. The highest BCUT2D eigenvalue weighted by atomic mass is 16.6. The first-order valence-corrected chi connectivity index (χ1v) is 6.36. The van der Waals surface area contributed by atoms with E-state index in [0.717, 1.165) is 0 Å². The zero-order chi connectivity index (χ0) is 14.2. The summed E-state index contributed by atoms with van der Waals surface area (Å²) in [7, 11) is 0. The summed E-state index contributed by atoms with van der Waals surface area (Å²) in [6.07, 6.45) is 0.362. The first kappa shape index (κ1) is 13.8. The van der Waals surface area contributed by atoms with Crippen LogP contribution in [0.4, 0.5) is 5.69 Å². The average molecular weight is 266 g/mol. The smallest absolute Gasteiger partial charge is 0.270 e. The molecule has 2 unspecified atom stereocenters. The summed E-state index contributed by atoms with van der Waals surface area (Å²) >= 11 is 0. The summed E-state index contributed by atoms with van der Waals surface area (Å²) in [5, 5.41) is 21.1. The van der Waals surface area contributed by atoms with Crippen molar-refractivity contribution in [1.29, 1.82) is 0 Å². The molecular formula is C13H18N2O4. The van der Waals surface area contributed by atoms with E-state index in [4.69, 9.17) is 10.5 Å². The van der Waals surface area contributed by atoms with Crippen LogP contribution in [-0.4, -0.2) is 21.7 Å². The van der Waals surface area contributed by atoms with Crippen molar-refractivity contribution in [1.82, 2.24) is 0 Å². The number of rotatable bonds is 3. The molecule has 2 atom stereocenters. The first-order valence-electron chi connectivity index (χ1n) is 6.36. The van der Waals surface area contributed by atoms with E-state index in [-0.39, 0.29) is 5.69 Å². The van der Waals surface area contributed by atoms with Gasteiger partial charge in [0.25, 0.3) is 5.69 Å². The highest BCUT2D eigenvalue weighted by Gasteiger charge is 2.46. The number of hydrogen-bond donors (Lipinski definition) is 2. The molecule has 1 aliphatic heterocycles. The molecule has 1 aliphatic rings. The Morgan fingerprint density at radius 3 is 2.63 bits per heavy atom. The van der Waals surface area contributed by atoms with Gasteiger partial charge in [0.2, 0.25) is 0 Å². The minimum absolute atomic E-state index is 0.0505. The van der Waals surface area contributed by atoms with E-state index in [2.05, 4.69) is 0 Å². The monoisotopic (exact) mass is 266 g/mol. The fourth-order valence-electron chi connectivity index (χ4n) is 2.59. The SMILES string of the molecule is CCC1(CC)Oc2ccc([N+](=O)[O-])cc2C(N)C1O. The van der Waals surface area contributed by atoms with Gasteiger partial charge in [0.1, 0.15) is 17.5 Å². The fraction of sp³-hybridized carbons (Fsp3) is 0.538. The Morgan fingerprint density at radius 2 is 2.11 bits per heavy atom. The van der Waals surface area contributed by atoms with Crippen molar-refractivity contribution in [2.75, 3.05) is 0 Å². The number of nitrogens with zero attached hydrogens (tertiary/aromatic N) is 1. The number of nitrogens with two attached hydrogens (primary N) is 1. The quantitative estimate of drug-likeness (QED) is 0.643. The molecule has 0 fully saturated rings. The zero-order valence-corrected chi connectivity index (χ0v) is 11.0. The Bertz CT molecular complexity index is 499. The van der Waals surface area contributed by atoms with Crippen LogP contribution in [-0.2, 0) is 0 Å². The Kier molecular flexibility index (Phi) is 3.47. The summed E-state index contributed by atoms with van der Waals surface area (Å²) in [6, 6.07) is 3.64. The van der Waals surface area contributed by atoms with E-state index in [1.807, 2.05) is 13.8 Å². The van der Waals surface area contributed by atoms with Crippen molar-refractivity contribution in [2.24, 2.45) is 5.73 Å². The molecule has 1 aromatic carbocycles. The molecule has 6 heteroatoms. The molecule has 3 N–H and O–H groups in total. The lowest BCUT2D eigenvalue weighted by Gasteiger charge is -2.44. The molecule has 0 saturated heterocycles. The second-order valence-electron chi connectivity index (χ2n) is 4.82. The van der Waals surface area contributed by atoms with E-state index in [1.54, 1.807) is 6.07 Å². The van der Waals surface area contributed by atoms with Gasteiger partial charge in [-0.15, -0.1) is 0 Å². The fourth-order valence-corrected chi connectivity index (χ4v) is 2.59. The number of benzene rings is 1. The van der Waals surface area contributed by atoms with Gasteiger partial charge < -0.3 is 15.6 Å². The Labute approximate surface area is 111 Å². The predicted octanol–water partition coefficient (Wildman–Crippen LogP) is 1.91. The van der Waals surface area contributed by atoms with E-state index in [0.29, 0.717) is 24.2 Å². The van der Waals surface area contributed by atoms with Gasteiger partial charge in [-0.25, -0.2) is 0 Å². The minimum atomic E-state index is -0.878. The van der Waals surface area contributed by atoms with Crippen molar-refractivity contribution in [3.8, 4) is 5.75 Å². The van der Waals surface area contributed by atoms with Gasteiger partial charge in [-0.05, 0) is 18.9 Å². The molecule has 19 heavy (non-hydrogen) atoms. The number of hydrogen-bond acceptors (Lipinski definition) is 5. The standard InChI is InChI=1S/C13H18N2O4/c1-3-13(4-2)12(16)11(14)9-7-8(15(17)18)5-6-10(9)19-13/h5-7,11-12,16H,3-4,14H2,1-2H3. The maximum atomic E-state index is 10.8. The van der Waals surface area contributed by atoms with Gasteiger partial charge in [0.05, 0.1) is 11.0 Å². The van der Waals surface area contributed by atoms with E-state index < -0.39 is 22.7 Å². The van der Waals surface area contributed by atoms with Gasteiger partial charge in [0.15, 0.2) is 0 Å². The number of ether oxygens (including phenoxy) is 1. The lowest BCUT2D eigenvalue weighted by Crippen LogP contribution is -2.54. The summed E-state index contributed by atoms with van der Waals surface area (Å²) < 4.78 is 5.88. The van der Waals surface area contributed by atoms with Gasteiger partial charge >= 0.3 is 0 Å². The van der Waals surface area contributed by atoms with E-state index in [1.165, 1.54) is 12.1 Å². The third kappa shape index (κ3) is 2.06. The predicted molar refractivity (Wildman–Crippen MR) is 70.0 cm³/mol. The first-order chi connectivity index (χ1) is 8.95. The molecule has 0 spiro atoms. The highest BCUT2D eigenvalue weighted by molar-refractivity contribution is 5.47. The second kappa shape index (κ2) is 4.79. The van der Waals surface area contributed by atoms with Gasteiger partial charge in [-0.3, -0.25) is 10.1 Å². The second-order valence-corrected chi connectivity index (χ2v) is 4.82. The Balaban J connectivity index is 2.49.